The number of hydrogen-bond donors (Lipinski definition) is 1. The van der Waals surface area contributed by atoms with Crippen molar-refractivity contribution in [2.75, 3.05) is 0 Å². The number of H-pyrrole nitrogens is 1. The van der Waals surface area contributed by atoms with E-state index in [0.717, 1.165) is 27.9 Å². The third-order valence-corrected chi connectivity index (χ3v) is 3.18. The molecule has 5 heteroatoms. The number of fused-ring (bicyclic) bond motifs is 2. The van der Waals surface area contributed by atoms with Crippen molar-refractivity contribution < 1.29 is 0 Å². The molecule has 0 fully saturated rings. The largest absolute Gasteiger partial charge is 0.335 e. The third-order valence-electron chi connectivity index (χ3n) is 3.18. The number of aromatic amines is 1. The lowest BCUT2D eigenvalue weighted by atomic mass is 10.3. The fourth-order valence-electron chi connectivity index (χ4n) is 2.18. The van der Waals surface area contributed by atoms with Crippen LogP contribution in [0.25, 0.3) is 33.7 Å². The number of benzene rings is 1. The Hall–Kier alpha value is -2.82. The monoisotopic (exact) mass is 261 g/mol. The van der Waals surface area contributed by atoms with E-state index in [1.165, 1.54) is 0 Å². The first kappa shape index (κ1) is 11.0. The first-order valence-corrected chi connectivity index (χ1v) is 6.35. The summed E-state index contributed by atoms with van der Waals surface area (Å²) in [5.74, 6) is 0.691. The summed E-state index contributed by atoms with van der Waals surface area (Å²) >= 11 is 0. The Morgan fingerprint density at radius 2 is 1.75 bits per heavy atom. The van der Waals surface area contributed by atoms with Gasteiger partial charge < -0.3 is 4.98 Å². The van der Waals surface area contributed by atoms with E-state index in [1.54, 1.807) is 6.20 Å². The maximum absolute atomic E-state index is 4.58. The molecule has 0 atom stereocenters. The van der Waals surface area contributed by atoms with Gasteiger partial charge in [0.1, 0.15) is 5.69 Å². The van der Waals surface area contributed by atoms with Crippen LogP contribution >= 0.6 is 0 Å². The molecule has 0 amide bonds. The summed E-state index contributed by atoms with van der Waals surface area (Å²) in [6.07, 6.45) is 1.73. The van der Waals surface area contributed by atoms with Crippen LogP contribution in [0.2, 0.25) is 0 Å². The lowest BCUT2D eigenvalue weighted by molar-refractivity contribution is 1.20. The number of nitrogens with one attached hydrogen (secondary N) is 1. The molecular formula is C15H11N5. The van der Waals surface area contributed by atoms with Gasteiger partial charge in [-0.2, -0.15) is 0 Å². The van der Waals surface area contributed by atoms with Crippen molar-refractivity contribution in [3.63, 3.8) is 0 Å². The van der Waals surface area contributed by atoms with Crippen molar-refractivity contribution in [2.45, 2.75) is 6.92 Å². The Kier molecular flexibility index (Phi) is 2.26. The smallest absolute Gasteiger partial charge is 0.178 e. The Balaban J connectivity index is 1.91. The summed E-state index contributed by atoms with van der Waals surface area (Å²) in [6, 6.07) is 11.7. The summed E-state index contributed by atoms with van der Waals surface area (Å²) in [7, 11) is 0. The van der Waals surface area contributed by atoms with Gasteiger partial charge in [0.05, 0.1) is 22.7 Å². The zero-order valence-electron chi connectivity index (χ0n) is 10.8. The van der Waals surface area contributed by atoms with E-state index in [9.17, 15) is 0 Å². The molecular weight excluding hydrogens is 250 g/mol. The van der Waals surface area contributed by atoms with Gasteiger partial charge in [-0.05, 0) is 31.2 Å². The first-order chi connectivity index (χ1) is 9.79. The van der Waals surface area contributed by atoms with Crippen LogP contribution in [-0.2, 0) is 0 Å². The van der Waals surface area contributed by atoms with Crippen LogP contribution in [0.15, 0.2) is 42.6 Å². The average molecular weight is 261 g/mol. The zero-order chi connectivity index (χ0) is 13.5. The molecule has 0 saturated heterocycles. The van der Waals surface area contributed by atoms with Crippen LogP contribution in [0, 0.1) is 6.92 Å². The Labute approximate surface area is 114 Å². The van der Waals surface area contributed by atoms with Gasteiger partial charge in [-0.15, -0.1) is 0 Å². The summed E-state index contributed by atoms with van der Waals surface area (Å²) in [4.78, 5) is 21.1. The molecule has 0 saturated carbocycles. The molecule has 3 heterocycles. The predicted octanol–water partition coefficient (Wildman–Crippen LogP) is 2.88. The van der Waals surface area contributed by atoms with Crippen molar-refractivity contribution in [3.8, 4) is 11.5 Å². The number of rotatable bonds is 1. The van der Waals surface area contributed by atoms with Gasteiger partial charge in [-0.25, -0.2) is 15.0 Å². The second kappa shape index (κ2) is 4.09. The van der Waals surface area contributed by atoms with Crippen LogP contribution in [-0.4, -0.2) is 24.9 Å². The van der Waals surface area contributed by atoms with Crippen LogP contribution in [0.1, 0.15) is 5.69 Å². The number of hydrogen-bond acceptors (Lipinski definition) is 4. The summed E-state index contributed by atoms with van der Waals surface area (Å²) < 4.78 is 0. The molecule has 96 valence electrons. The minimum Gasteiger partial charge on any atom is -0.335 e. The van der Waals surface area contributed by atoms with E-state index >= 15 is 0 Å². The van der Waals surface area contributed by atoms with Crippen LogP contribution < -0.4 is 0 Å². The van der Waals surface area contributed by atoms with E-state index in [2.05, 4.69) is 24.9 Å². The SMILES string of the molecule is Cc1ccc2[nH]c(-c3cnc4ccccc4n3)nc2n1. The van der Waals surface area contributed by atoms with Gasteiger partial charge in [0, 0.05) is 5.69 Å². The second-order valence-electron chi connectivity index (χ2n) is 4.65. The van der Waals surface area contributed by atoms with E-state index < -0.39 is 0 Å². The number of pyridine rings is 1. The molecule has 0 bridgehead atoms. The van der Waals surface area contributed by atoms with E-state index in [1.807, 2.05) is 43.3 Å². The Morgan fingerprint density at radius 3 is 2.65 bits per heavy atom. The molecule has 0 unspecified atom stereocenters. The number of imidazole rings is 1. The summed E-state index contributed by atoms with van der Waals surface area (Å²) in [5.41, 5.74) is 5.01. The zero-order valence-corrected chi connectivity index (χ0v) is 10.8. The maximum atomic E-state index is 4.58. The first-order valence-electron chi connectivity index (χ1n) is 6.35. The number of aryl methyl sites for hydroxylation is 1. The molecule has 1 N–H and O–H groups in total. The van der Waals surface area contributed by atoms with Gasteiger partial charge in [-0.1, -0.05) is 12.1 Å². The molecule has 0 aliphatic rings. The van der Waals surface area contributed by atoms with Gasteiger partial charge in [0.15, 0.2) is 11.5 Å². The fourth-order valence-corrected chi connectivity index (χ4v) is 2.18. The molecule has 0 aliphatic heterocycles. The average Bonchev–Trinajstić information content (AvgIpc) is 2.89. The quantitative estimate of drug-likeness (QED) is 0.572. The topological polar surface area (TPSA) is 67.3 Å². The second-order valence-corrected chi connectivity index (χ2v) is 4.65. The number of para-hydroxylation sites is 2. The van der Waals surface area contributed by atoms with Gasteiger partial charge in [0.2, 0.25) is 0 Å². The van der Waals surface area contributed by atoms with Crippen molar-refractivity contribution in [3.05, 3.63) is 48.3 Å². The van der Waals surface area contributed by atoms with Crippen molar-refractivity contribution >= 4 is 22.2 Å². The summed E-state index contributed by atoms with van der Waals surface area (Å²) in [6.45, 7) is 1.95. The molecule has 20 heavy (non-hydrogen) atoms. The highest BCUT2D eigenvalue weighted by Gasteiger charge is 2.08. The van der Waals surface area contributed by atoms with Crippen molar-refractivity contribution in [2.24, 2.45) is 0 Å². The molecule has 3 aromatic heterocycles. The molecule has 1 aromatic carbocycles. The fraction of sp³-hybridized carbons (Fsp3) is 0.0667. The van der Waals surface area contributed by atoms with Gasteiger partial charge in [0.25, 0.3) is 0 Å². The predicted molar refractivity (Wildman–Crippen MR) is 77.2 cm³/mol. The van der Waals surface area contributed by atoms with Crippen LogP contribution in [0.4, 0.5) is 0 Å². The molecule has 4 aromatic rings. The highest BCUT2D eigenvalue weighted by molar-refractivity contribution is 5.78. The molecule has 4 rings (SSSR count). The number of aromatic nitrogens is 5. The highest BCUT2D eigenvalue weighted by atomic mass is 15.0. The van der Waals surface area contributed by atoms with E-state index in [4.69, 9.17) is 0 Å². The maximum Gasteiger partial charge on any atom is 0.178 e. The highest BCUT2D eigenvalue weighted by Crippen LogP contribution is 2.19. The lowest BCUT2D eigenvalue weighted by Crippen LogP contribution is -1.89. The minimum absolute atomic E-state index is 0.691. The normalized spacial score (nSPS) is 11.2. The summed E-state index contributed by atoms with van der Waals surface area (Å²) in [5, 5.41) is 0. The molecule has 0 radical (unpaired) electrons. The number of nitrogens with zero attached hydrogens (tertiary/aromatic N) is 4. The standard InChI is InChI=1S/C15H11N5/c1-9-6-7-12-14(17-9)20-15(19-12)13-8-16-10-4-2-3-5-11(10)18-13/h2-8H,1H3,(H,17,19,20). The Bertz CT molecular complexity index is 926. The molecule has 0 spiro atoms. The third kappa shape index (κ3) is 1.72. The Morgan fingerprint density at radius 1 is 0.900 bits per heavy atom. The van der Waals surface area contributed by atoms with E-state index in [0.29, 0.717) is 11.5 Å². The minimum atomic E-state index is 0.691. The van der Waals surface area contributed by atoms with Crippen molar-refractivity contribution in [1.29, 1.82) is 0 Å². The molecule has 0 aliphatic carbocycles. The van der Waals surface area contributed by atoms with Crippen LogP contribution in [0.5, 0.6) is 0 Å². The van der Waals surface area contributed by atoms with Gasteiger partial charge in [-0.3, -0.25) is 4.98 Å². The lowest BCUT2D eigenvalue weighted by Gasteiger charge is -1.98. The molecule has 5 nitrogen and oxygen atoms in total. The van der Waals surface area contributed by atoms with Crippen molar-refractivity contribution in [1.82, 2.24) is 24.9 Å². The van der Waals surface area contributed by atoms with Crippen LogP contribution in [0.3, 0.4) is 0 Å². The van der Waals surface area contributed by atoms with Gasteiger partial charge >= 0.3 is 0 Å². The van der Waals surface area contributed by atoms with E-state index in [-0.39, 0.29) is 0 Å².